The van der Waals surface area contributed by atoms with E-state index < -0.39 is 6.16 Å². The smallest absolute Gasteiger partial charge is 0.0884 e. The Morgan fingerprint density at radius 1 is 0.625 bits per heavy atom. The molecule has 0 saturated heterocycles. The lowest BCUT2D eigenvalue weighted by Crippen LogP contribution is -2.45. The highest BCUT2D eigenvalue weighted by Gasteiger charge is 2.25. The Hall–Kier alpha value is -0.810. The van der Waals surface area contributed by atoms with Crippen molar-refractivity contribution in [3.63, 3.8) is 0 Å². The van der Waals surface area contributed by atoms with Crippen molar-refractivity contribution in [2.45, 2.75) is 76.3 Å². The zero-order valence-electron chi connectivity index (χ0n) is 16.8. The molecule has 0 aromatic heterocycles. The summed E-state index contributed by atoms with van der Waals surface area (Å²) in [6.45, 7) is 0. The van der Waals surface area contributed by atoms with Crippen LogP contribution < -0.4 is 10.2 Å². The maximum atomic E-state index is 8.33. The van der Waals surface area contributed by atoms with Crippen molar-refractivity contribution in [2.75, 3.05) is 42.3 Å². The largest absolute Gasteiger partial charge is 0.652 e. The highest BCUT2D eigenvalue weighted by atomic mass is 16.6. The number of hydrogen-bond donors (Lipinski definition) is 0. The summed E-state index contributed by atoms with van der Waals surface area (Å²) in [6, 6.07) is 1.88. The summed E-state index contributed by atoms with van der Waals surface area (Å²) >= 11 is 0. The molecule has 2 saturated carbocycles. The zero-order valence-corrected chi connectivity index (χ0v) is 16.8. The van der Waals surface area contributed by atoms with Crippen LogP contribution in [0, 0.1) is 0 Å². The third kappa shape index (κ3) is 11.7. The zero-order chi connectivity index (χ0) is 18.8. The van der Waals surface area contributed by atoms with Crippen molar-refractivity contribution in [1.82, 2.24) is 0 Å². The van der Waals surface area contributed by atoms with Crippen molar-refractivity contribution < 1.29 is 24.0 Å². The quantitative estimate of drug-likeness (QED) is 0.715. The lowest BCUT2D eigenvalue weighted by Gasteiger charge is -2.36. The summed E-state index contributed by atoms with van der Waals surface area (Å²) in [5.74, 6) is 0. The molecule has 0 atom stereocenters. The molecule has 0 unspecified atom stereocenters. The second-order valence-corrected chi connectivity index (χ2v) is 9.07. The topological polar surface area (TPSA) is 63.2 Å². The van der Waals surface area contributed by atoms with Gasteiger partial charge in [-0.3, -0.25) is 0 Å². The monoisotopic (exact) mass is 344 g/mol. The molecule has 2 rings (SSSR count). The molecule has 0 amide bonds. The summed E-state index contributed by atoms with van der Waals surface area (Å²) < 4.78 is 2.33. The maximum Gasteiger partial charge on any atom is 0.0884 e. The van der Waals surface area contributed by atoms with Gasteiger partial charge >= 0.3 is 0 Å². The van der Waals surface area contributed by atoms with Crippen LogP contribution in [0.15, 0.2) is 0 Å². The van der Waals surface area contributed by atoms with Crippen LogP contribution in [0.5, 0.6) is 0 Å². The van der Waals surface area contributed by atoms with Crippen LogP contribution >= 0.6 is 0 Å². The average Bonchev–Trinajstić information content (AvgIpc) is 2.47. The summed E-state index contributed by atoms with van der Waals surface area (Å²) in [5, 5.41) is 16.7. The van der Waals surface area contributed by atoms with Crippen LogP contribution in [0.4, 0.5) is 4.79 Å². The summed E-state index contributed by atoms with van der Waals surface area (Å²) in [7, 11) is 13.9. The van der Waals surface area contributed by atoms with Gasteiger partial charge in [0.1, 0.15) is 0 Å². The normalized spacial score (nSPS) is 20.2. The van der Waals surface area contributed by atoms with Crippen LogP contribution in [0.3, 0.4) is 0 Å². The van der Waals surface area contributed by atoms with Gasteiger partial charge in [0.05, 0.1) is 54.4 Å². The molecular weight excluding hydrogens is 304 g/mol. The highest BCUT2D eigenvalue weighted by molar-refractivity contribution is 5.47. The van der Waals surface area contributed by atoms with E-state index in [1.54, 1.807) is 0 Å². The van der Waals surface area contributed by atoms with E-state index in [-0.39, 0.29) is 0 Å². The van der Waals surface area contributed by atoms with Crippen LogP contribution in [-0.4, -0.2) is 69.5 Å². The minimum Gasteiger partial charge on any atom is -0.652 e. The summed E-state index contributed by atoms with van der Waals surface area (Å²) in [6.07, 6.45) is 12.2. The first-order valence-electron chi connectivity index (χ1n) is 9.45. The molecule has 0 aliphatic heterocycles. The molecule has 2 aliphatic rings. The lowest BCUT2D eigenvalue weighted by molar-refractivity contribution is -0.897. The van der Waals surface area contributed by atoms with Crippen molar-refractivity contribution in [3.8, 4) is 0 Å². The molecule has 0 aromatic carbocycles. The first kappa shape index (κ1) is 23.2. The number of carboxylic acid groups (broad SMARTS) is 2. The van der Waals surface area contributed by atoms with Gasteiger partial charge in [0, 0.05) is 0 Å². The van der Waals surface area contributed by atoms with E-state index in [0.717, 1.165) is 12.1 Å². The van der Waals surface area contributed by atoms with Crippen molar-refractivity contribution >= 4 is 6.16 Å². The van der Waals surface area contributed by atoms with Gasteiger partial charge in [-0.1, -0.05) is 12.8 Å². The first-order valence-corrected chi connectivity index (χ1v) is 9.45. The Labute approximate surface area is 149 Å². The lowest BCUT2D eigenvalue weighted by atomic mass is 9.94. The van der Waals surface area contributed by atoms with Crippen molar-refractivity contribution in [1.29, 1.82) is 0 Å². The summed E-state index contributed by atoms with van der Waals surface area (Å²) in [4.78, 5) is 8.33. The molecule has 144 valence electrons. The number of quaternary nitrogens is 2. The second-order valence-electron chi connectivity index (χ2n) is 9.07. The molecule has 0 N–H and O–H groups in total. The number of carbonyl (C=O) groups excluding carboxylic acids is 1. The van der Waals surface area contributed by atoms with E-state index in [9.17, 15) is 0 Å². The minimum absolute atomic E-state index is 0.939. The van der Waals surface area contributed by atoms with Gasteiger partial charge in [-0.25, -0.2) is 0 Å². The molecule has 2 aliphatic carbocycles. The maximum absolute atomic E-state index is 8.33. The number of rotatable bonds is 2. The Morgan fingerprint density at radius 2 is 0.833 bits per heavy atom. The number of carbonyl (C=O) groups is 1. The molecule has 0 bridgehead atoms. The molecular formula is C19H40N2O3. The van der Waals surface area contributed by atoms with Crippen LogP contribution in [0.25, 0.3) is 0 Å². The Morgan fingerprint density at radius 3 is 0.958 bits per heavy atom. The van der Waals surface area contributed by atoms with Crippen molar-refractivity contribution in [3.05, 3.63) is 0 Å². The Balaban J connectivity index is 0.000000363. The molecule has 5 heteroatoms. The molecule has 5 nitrogen and oxygen atoms in total. The summed E-state index contributed by atoms with van der Waals surface area (Å²) in [5.41, 5.74) is 0. The Bertz CT molecular complexity index is 302. The van der Waals surface area contributed by atoms with E-state index in [4.69, 9.17) is 15.0 Å². The standard InChI is InChI=1S/2C9H20N.CH2O3/c2*1-10(2,3)9-7-5-4-6-8-9;2-1(3)4/h2*9H,4-8H2,1-3H3;(H2,2,3,4)/q2*+1;/p-2. The average molecular weight is 345 g/mol. The van der Waals surface area contributed by atoms with E-state index in [1.165, 1.54) is 73.2 Å². The van der Waals surface area contributed by atoms with Gasteiger partial charge in [0.15, 0.2) is 0 Å². The minimum atomic E-state index is -2.33. The van der Waals surface area contributed by atoms with Gasteiger partial charge < -0.3 is 24.0 Å². The fourth-order valence-corrected chi connectivity index (χ4v) is 3.71. The fraction of sp³-hybridized carbons (Fsp3) is 0.947. The van der Waals surface area contributed by atoms with Gasteiger partial charge in [0.25, 0.3) is 0 Å². The third-order valence-corrected chi connectivity index (χ3v) is 5.34. The van der Waals surface area contributed by atoms with E-state index >= 15 is 0 Å². The third-order valence-electron chi connectivity index (χ3n) is 5.34. The van der Waals surface area contributed by atoms with Crippen LogP contribution in [-0.2, 0) is 0 Å². The van der Waals surface area contributed by atoms with Gasteiger partial charge in [0.2, 0.25) is 0 Å². The molecule has 2 fully saturated rings. The molecule has 0 aromatic rings. The van der Waals surface area contributed by atoms with E-state index in [0.29, 0.717) is 0 Å². The van der Waals surface area contributed by atoms with Crippen LogP contribution in [0.1, 0.15) is 64.2 Å². The Kier molecular flexibility index (Phi) is 10.6. The fourth-order valence-electron chi connectivity index (χ4n) is 3.71. The molecule has 0 spiro atoms. The van der Waals surface area contributed by atoms with Gasteiger partial charge in [-0.2, -0.15) is 0 Å². The van der Waals surface area contributed by atoms with E-state index in [1.807, 2.05) is 0 Å². The molecule has 0 heterocycles. The predicted molar refractivity (Wildman–Crippen MR) is 95.2 cm³/mol. The number of hydrogen-bond acceptors (Lipinski definition) is 3. The van der Waals surface area contributed by atoms with Gasteiger partial charge in [-0.15, -0.1) is 0 Å². The van der Waals surface area contributed by atoms with Gasteiger partial charge in [-0.05, 0) is 57.5 Å². The highest BCUT2D eigenvalue weighted by Crippen LogP contribution is 2.24. The predicted octanol–water partition coefficient (Wildman–Crippen LogP) is 1.60. The molecule has 0 radical (unpaired) electrons. The first-order chi connectivity index (χ1) is 10.9. The van der Waals surface area contributed by atoms with Crippen molar-refractivity contribution in [2.24, 2.45) is 0 Å². The van der Waals surface area contributed by atoms with E-state index in [2.05, 4.69) is 42.3 Å². The SMILES string of the molecule is C[N+](C)(C)C1CCCCC1.C[N+](C)(C)C1CCCCC1.O=C([O-])[O-]. The van der Waals surface area contributed by atoms with Crippen LogP contribution in [0.2, 0.25) is 0 Å². The molecule has 24 heavy (non-hydrogen) atoms. The number of nitrogens with zero attached hydrogens (tertiary/aromatic N) is 2. The second kappa shape index (κ2) is 10.9.